The number of carboxylic acids is 2. The molecule has 16 nitrogen and oxygen atoms in total. The molecule has 5 amide bonds. The molecule has 0 saturated heterocycles. The van der Waals surface area contributed by atoms with Crippen LogP contribution in [0.5, 0.6) is 0 Å². The lowest BCUT2D eigenvalue weighted by atomic mass is 10.0. The fourth-order valence-electron chi connectivity index (χ4n) is 4.70. The SMILES string of the molecule is NCCCC[C@H](NC(=O)[C@H](CC(=O)O)NC(=O)[C@@H](N)CS)C(=O)N[C@@H](Cc1ccccc1)C(=O)NCC(=O)N[C@@H](Cc1ccccc1)C(=O)O. The number of amides is 5. The minimum Gasteiger partial charge on any atom is -0.481 e. The van der Waals surface area contributed by atoms with Crippen molar-refractivity contribution in [2.45, 2.75) is 68.7 Å². The quantitative estimate of drug-likeness (QED) is 0.0494. The molecule has 5 atom stereocenters. The Hall–Kier alpha value is -5.00. The van der Waals surface area contributed by atoms with Crippen LogP contribution < -0.4 is 38.1 Å². The molecule has 17 heteroatoms. The fraction of sp³-hybridized carbons (Fsp3) is 0.424. The molecule has 272 valence electrons. The fourth-order valence-corrected chi connectivity index (χ4v) is 4.86. The van der Waals surface area contributed by atoms with E-state index in [1.807, 2.05) is 0 Å². The second-order valence-electron chi connectivity index (χ2n) is 11.4. The van der Waals surface area contributed by atoms with Gasteiger partial charge < -0.3 is 48.3 Å². The zero-order valence-corrected chi connectivity index (χ0v) is 28.3. The van der Waals surface area contributed by atoms with Crippen molar-refractivity contribution in [1.29, 1.82) is 0 Å². The Morgan fingerprint density at radius 2 is 1.18 bits per heavy atom. The number of hydrogen-bond acceptors (Lipinski definition) is 10. The van der Waals surface area contributed by atoms with Crippen LogP contribution in [0.25, 0.3) is 0 Å². The number of benzene rings is 2. The number of aliphatic carboxylic acids is 2. The highest BCUT2D eigenvalue weighted by atomic mass is 32.1. The minimum absolute atomic E-state index is 0.0127. The molecule has 0 aliphatic heterocycles. The predicted octanol–water partition coefficient (Wildman–Crippen LogP) is -1.53. The predicted molar refractivity (Wildman–Crippen MR) is 186 cm³/mol. The molecule has 11 N–H and O–H groups in total. The lowest BCUT2D eigenvalue weighted by molar-refractivity contribution is -0.142. The zero-order valence-electron chi connectivity index (χ0n) is 27.4. The third-order valence-electron chi connectivity index (χ3n) is 7.38. The number of unbranched alkanes of at least 4 members (excludes halogenated alkanes) is 1. The number of carboxylic acid groups (broad SMARTS) is 2. The molecule has 0 unspecified atom stereocenters. The minimum atomic E-state index is -1.57. The van der Waals surface area contributed by atoms with Gasteiger partial charge in [-0.1, -0.05) is 60.7 Å². The van der Waals surface area contributed by atoms with E-state index in [0.29, 0.717) is 24.0 Å². The van der Waals surface area contributed by atoms with Gasteiger partial charge in [-0.3, -0.25) is 28.8 Å². The van der Waals surface area contributed by atoms with Crippen LogP contribution in [0.3, 0.4) is 0 Å². The van der Waals surface area contributed by atoms with Crippen molar-refractivity contribution in [1.82, 2.24) is 26.6 Å². The van der Waals surface area contributed by atoms with Crippen molar-refractivity contribution < 1.29 is 43.8 Å². The maximum Gasteiger partial charge on any atom is 0.326 e. The number of carbonyl (C=O) groups is 7. The van der Waals surface area contributed by atoms with E-state index in [-0.39, 0.29) is 31.6 Å². The van der Waals surface area contributed by atoms with E-state index in [0.717, 1.165) is 0 Å². The van der Waals surface area contributed by atoms with E-state index in [1.165, 1.54) is 0 Å². The Labute approximate surface area is 294 Å². The van der Waals surface area contributed by atoms with Gasteiger partial charge in [0.1, 0.15) is 24.2 Å². The van der Waals surface area contributed by atoms with E-state index in [1.54, 1.807) is 60.7 Å². The van der Waals surface area contributed by atoms with E-state index in [9.17, 15) is 43.8 Å². The monoisotopic (exact) mass is 715 g/mol. The van der Waals surface area contributed by atoms with Crippen LogP contribution in [-0.2, 0) is 46.4 Å². The van der Waals surface area contributed by atoms with Gasteiger partial charge >= 0.3 is 11.9 Å². The first kappa shape index (κ1) is 41.2. The van der Waals surface area contributed by atoms with Crippen LogP contribution in [0.2, 0.25) is 0 Å². The normalized spacial score (nSPS) is 13.7. The summed E-state index contributed by atoms with van der Waals surface area (Å²) in [4.78, 5) is 88.5. The van der Waals surface area contributed by atoms with E-state index in [2.05, 4.69) is 39.2 Å². The molecule has 2 aromatic carbocycles. The van der Waals surface area contributed by atoms with E-state index < -0.39 is 84.6 Å². The molecular formula is C33H45N7O9S. The maximum atomic E-state index is 13.6. The summed E-state index contributed by atoms with van der Waals surface area (Å²) in [6, 6.07) is 10.8. The molecule has 0 heterocycles. The second kappa shape index (κ2) is 21.9. The van der Waals surface area contributed by atoms with Gasteiger partial charge in [0.05, 0.1) is 19.0 Å². The third-order valence-corrected chi connectivity index (χ3v) is 7.77. The number of hydrogen-bond donors (Lipinski definition) is 10. The topological polar surface area (TPSA) is 272 Å². The molecule has 0 radical (unpaired) electrons. The molecule has 2 rings (SSSR count). The van der Waals surface area contributed by atoms with Crippen molar-refractivity contribution in [3.63, 3.8) is 0 Å². The van der Waals surface area contributed by atoms with Crippen LogP contribution in [0, 0.1) is 0 Å². The number of thiol groups is 1. The van der Waals surface area contributed by atoms with E-state index >= 15 is 0 Å². The number of rotatable bonds is 22. The summed E-state index contributed by atoms with van der Waals surface area (Å²) in [5.74, 6) is -6.85. The lowest BCUT2D eigenvalue weighted by Crippen LogP contribution is -2.58. The summed E-state index contributed by atoms with van der Waals surface area (Å²) in [6.07, 6.45) is 0.102. The van der Waals surface area contributed by atoms with Gasteiger partial charge in [-0.15, -0.1) is 0 Å². The van der Waals surface area contributed by atoms with Crippen LogP contribution in [0.15, 0.2) is 60.7 Å². The standard InChI is InChI=1S/C33H45N7O9S/c34-14-8-7-13-23(38-32(47)25(17-28(42)43)39-29(44)22(35)19-50)31(46)40-24(15-20-9-3-1-4-10-20)30(45)36-18-27(41)37-26(33(48)49)16-21-11-5-2-6-12-21/h1-6,9-12,22-26,50H,7-8,13-19,34-35H2,(H,36,45)(H,37,41)(H,38,47)(H,39,44)(H,40,46)(H,42,43)(H,48,49)/t22-,23-,24-,25-,26-/m0/s1. The van der Waals surface area contributed by atoms with E-state index in [4.69, 9.17) is 11.5 Å². The van der Waals surface area contributed by atoms with Crippen molar-refractivity contribution >= 4 is 54.1 Å². The first-order chi connectivity index (χ1) is 23.8. The Morgan fingerprint density at radius 1 is 0.660 bits per heavy atom. The first-order valence-corrected chi connectivity index (χ1v) is 16.5. The van der Waals surface area contributed by atoms with Gasteiger partial charge in [-0.25, -0.2) is 4.79 Å². The largest absolute Gasteiger partial charge is 0.481 e. The first-order valence-electron chi connectivity index (χ1n) is 15.9. The average Bonchev–Trinajstić information content (AvgIpc) is 3.09. The smallest absolute Gasteiger partial charge is 0.326 e. The van der Waals surface area contributed by atoms with Gasteiger partial charge in [0.25, 0.3) is 0 Å². The molecule has 0 aliphatic rings. The Bertz CT molecular complexity index is 1450. The molecule has 0 spiro atoms. The Balaban J connectivity index is 2.21. The summed E-state index contributed by atoms with van der Waals surface area (Å²) >= 11 is 3.94. The molecule has 0 bridgehead atoms. The molecular weight excluding hydrogens is 670 g/mol. The van der Waals surface area contributed by atoms with Gasteiger partial charge in [0.15, 0.2) is 0 Å². The molecule has 0 aliphatic carbocycles. The van der Waals surface area contributed by atoms with Crippen molar-refractivity contribution in [2.24, 2.45) is 11.5 Å². The highest BCUT2D eigenvalue weighted by Crippen LogP contribution is 2.08. The Morgan fingerprint density at radius 3 is 1.70 bits per heavy atom. The van der Waals surface area contributed by atoms with Crippen LogP contribution in [0.4, 0.5) is 0 Å². The number of nitrogens with two attached hydrogens (primary N) is 2. The van der Waals surface area contributed by atoms with Crippen molar-refractivity contribution in [2.75, 3.05) is 18.8 Å². The zero-order chi connectivity index (χ0) is 37.1. The molecule has 0 aromatic heterocycles. The van der Waals surface area contributed by atoms with Crippen LogP contribution >= 0.6 is 12.6 Å². The summed E-state index contributed by atoms with van der Waals surface area (Å²) in [5.41, 5.74) is 12.6. The molecule has 0 saturated carbocycles. The van der Waals surface area contributed by atoms with Gasteiger partial charge in [-0.2, -0.15) is 12.6 Å². The van der Waals surface area contributed by atoms with Gasteiger partial charge in [0, 0.05) is 18.6 Å². The van der Waals surface area contributed by atoms with Gasteiger partial charge in [-0.05, 0) is 36.9 Å². The molecule has 0 fully saturated rings. The lowest BCUT2D eigenvalue weighted by Gasteiger charge is -2.25. The third kappa shape index (κ3) is 15.0. The molecule has 2 aromatic rings. The highest BCUT2D eigenvalue weighted by Gasteiger charge is 2.31. The maximum absolute atomic E-state index is 13.6. The number of nitrogens with one attached hydrogen (secondary N) is 5. The van der Waals surface area contributed by atoms with Gasteiger partial charge in [0.2, 0.25) is 29.5 Å². The number of carbonyl (C=O) groups excluding carboxylic acids is 5. The van der Waals surface area contributed by atoms with Crippen LogP contribution in [-0.4, -0.2) is 101 Å². The average molecular weight is 716 g/mol. The molecule has 50 heavy (non-hydrogen) atoms. The summed E-state index contributed by atoms with van der Waals surface area (Å²) in [7, 11) is 0. The summed E-state index contributed by atoms with van der Waals surface area (Å²) in [6.45, 7) is -0.309. The Kier molecular flexibility index (Phi) is 18.0. The van der Waals surface area contributed by atoms with Crippen molar-refractivity contribution in [3.8, 4) is 0 Å². The van der Waals surface area contributed by atoms with Crippen LogP contribution in [0.1, 0.15) is 36.8 Å². The summed E-state index contributed by atoms with van der Waals surface area (Å²) in [5, 5.41) is 31.1. The highest BCUT2D eigenvalue weighted by molar-refractivity contribution is 7.80. The van der Waals surface area contributed by atoms with Crippen molar-refractivity contribution in [3.05, 3.63) is 71.8 Å². The second-order valence-corrected chi connectivity index (χ2v) is 11.8. The summed E-state index contributed by atoms with van der Waals surface area (Å²) < 4.78 is 0.